The summed E-state index contributed by atoms with van der Waals surface area (Å²) in [5, 5.41) is 9.43. The van der Waals surface area contributed by atoms with Crippen LogP contribution >= 0.6 is 24.0 Å². The summed E-state index contributed by atoms with van der Waals surface area (Å²) in [5.74, 6) is 0.596. The first kappa shape index (κ1) is 23.6. The standard InChI is InChI=1S/C18H30N6O2.HI/c1-18(2,24-9-11-26-12-10-24)14-23-17(19-3)22-8-7-21-16(25)15-5-4-6-20-13-15;/h4-6,13H,7-12,14H2,1-3H3,(H,21,25)(H2,19,22,23);1H. The summed E-state index contributed by atoms with van der Waals surface area (Å²) >= 11 is 0. The molecule has 2 heterocycles. The van der Waals surface area contributed by atoms with Crippen LogP contribution in [0, 0.1) is 0 Å². The second kappa shape index (κ2) is 12.1. The minimum absolute atomic E-state index is 0. The van der Waals surface area contributed by atoms with Gasteiger partial charge in [0, 0.05) is 57.7 Å². The molecule has 3 N–H and O–H groups in total. The predicted octanol–water partition coefficient (Wildman–Crippen LogP) is 0.705. The zero-order valence-electron chi connectivity index (χ0n) is 16.3. The van der Waals surface area contributed by atoms with Crippen LogP contribution in [0.4, 0.5) is 0 Å². The number of carbonyl (C=O) groups excluding carboxylic acids is 1. The Morgan fingerprint density at radius 1 is 1.26 bits per heavy atom. The molecule has 1 aliphatic rings. The summed E-state index contributed by atoms with van der Waals surface area (Å²) in [6.07, 6.45) is 3.20. The third-order valence-corrected chi connectivity index (χ3v) is 4.41. The minimum atomic E-state index is -0.128. The highest BCUT2D eigenvalue weighted by molar-refractivity contribution is 14.0. The lowest BCUT2D eigenvalue weighted by Gasteiger charge is -2.41. The molecule has 9 heteroatoms. The highest BCUT2D eigenvalue weighted by atomic mass is 127. The molecule has 1 fully saturated rings. The number of aromatic nitrogens is 1. The number of hydrogen-bond donors (Lipinski definition) is 3. The molecule has 2 rings (SSSR count). The Bertz CT molecular complexity index is 591. The van der Waals surface area contributed by atoms with Crippen LogP contribution < -0.4 is 16.0 Å². The number of morpholine rings is 1. The van der Waals surface area contributed by atoms with Gasteiger partial charge in [-0.2, -0.15) is 0 Å². The van der Waals surface area contributed by atoms with Gasteiger partial charge in [-0.05, 0) is 26.0 Å². The highest BCUT2D eigenvalue weighted by Crippen LogP contribution is 2.14. The SMILES string of the molecule is CN=C(NCCNC(=O)c1cccnc1)NCC(C)(C)N1CCOCC1.I. The number of guanidine groups is 1. The lowest BCUT2D eigenvalue weighted by Crippen LogP contribution is -2.56. The van der Waals surface area contributed by atoms with E-state index in [0.717, 1.165) is 38.8 Å². The molecule has 152 valence electrons. The zero-order chi connectivity index (χ0) is 18.8. The van der Waals surface area contributed by atoms with Crippen molar-refractivity contribution in [1.82, 2.24) is 25.8 Å². The second-order valence-electron chi connectivity index (χ2n) is 6.76. The van der Waals surface area contributed by atoms with Crippen LogP contribution in [0.3, 0.4) is 0 Å². The number of hydrogen-bond acceptors (Lipinski definition) is 5. The van der Waals surface area contributed by atoms with E-state index in [0.29, 0.717) is 18.7 Å². The number of nitrogens with zero attached hydrogens (tertiary/aromatic N) is 3. The maximum absolute atomic E-state index is 12.0. The van der Waals surface area contributed by atoms with Crippen LogP contribution in [-0.4, -0.2) is 80.3 Å². The fraction of sp³-hybridized carbons (Fsp3) is 0.611. The van der Waals surface area contributed by atoms with Crippen molar-refractivity contribution in [3.63, 3.8) is 0 Å². The lowest BCUT2D eigenvalue weighted by atomic mass is 10.0. The maximum atomic E-state index is 12.0. The van der Waals surface area contributed by atoms with Gasteiger partial charge < -0.3 is 20.7 Å². The Kier molecular flexibility index (Phi) is 10.6. The third kappa shape index (κ3) is 7.97. The van der Waals surface area contributed by atoms with Crippen molar-refractivity contribution >= 4 is 35.8 Å². The predicted molar refractivity (Wildman–Crippen MR) is 118 cm³/mol. The first-order chi connectivity index (χ1) is 12.5. The summed E-state index contributed by atoms with van der Waals surface area (Å²) < 4.78 is 5.42. The van der Waals surface area contributed by atoms with Crippen LogP contribution in [-0.2, 0) is 4.74 Å². The fourth-order valence-electron chi connectivity index (χ4n) is 2.76. The molecule has 0 spiro atoms. The van der Waals surface area contributed by atoms with Crippen molar-refractivity contribution in [3.05, 3.63) is 30.1 Å². The monoisotopic (exact) mass is 490 g/mol. The Hall–Kier alpha value is -1.46. The number of nitrogens with one attached hydrogen (secondary N) is 3. The van der Waals surface area contributed by atoms with Crippen molar-refractivity contribution in [2.75, 3.05) is 53.0 Å². The summed E-state index contributed by atoms with van der Waals surface area (Å²) in [5.41, 5.74) is 0.568. The first-order valence-corrected chi connectivity index (χ1v) is 8.98. The molecule has 1 aromatic heterocycles. The fourth-order valence-corrected chi connectivity index (χ4v) is 2.76. The van der Waals surface area contributed by atoms with Gasteiger partial charge >= 0.3 is 0 Å². The van der Waals surface area contributed by atoms with Gasteiger partial charge in [0.25, 0.3) is 5.91 Å². The van der Waals surface area contributed by atoms with E-state index in [1.54, 1.807) is 31.6 Å². The Morgan fingerprint density at radius 3 is 2.59 bits per heavy atom. The van der Waals surface area contributed by atoms with Gasteiger partial charge in [-0.25, -0.2) is 0 Å². The smallest absolute Gasteiger partial charge is 0.252 e. The number of aliphatic imine (C=N–C) groups is 1. The van der Waals surface area contributed by atoms with Crippen LogP contribution in [0.5, 0.6) is 0 Å². The number of pyridine rings is 1. The number of halogens is 1. The molecular formula is C18H31IN6O2. The third-order valence-electron chi connectivity index (χ3n) is 4.41. The summed E-state index contributed by atoms with van der Waals surface area (Å²) in [4.78, 5) is 22.6. The largest absolute Gasteiger partial charge is 0.379 e. The first-order valence-electron chi connectivity index (χ1n) is 8.98. The zero-order valence-corrected chi connectivity index (χ0v) is 18.7. The van der Waals surface area contributed by atoms with Crippen LogP contribution in [0.25, 0.3) is 0 Å². The molecule has 0 bridgehead atoms. The molecular weight excluding hydrogens is 459 g/mol. The van der Waals surface area contributed by atoms with E-state index in [2.05, 4.69) is 44.7 Å². The summed E-state index contributed by atoms with van der Waals surface area (Å²) in [6, 6.07) is 3.49. The van der Waals surface area contributed by atoms with Crippen molar-refractivity contribution in [1.29, 1.82) is 0 Å². The molecule has 1 saturated heterocycles. The van der Waals surface area contributed by atoms with Crippen LogP contribution in [0.1, 0.15) is 24.2 Å². The van der Waals surface area contributed by atoms with E-state index in [9.17, 15) is 4.79 Å². The number of amides is 1. The highest BCUT2D eigenvalue weighted by Gasteiger charge is 2.28. The topological polar surface area (TPSA) is 90.9 Å². The molecule has 0 unspecified atom stereocenters. The molecule has 0 saturated carbocycles. The minimum Gasteiger partial charge on any atom is -0.379 e. The molecule has 1 amide bonds. The number of carbonyl (C=O) groups is 1. The molecule has 0 atom stereocenters. The van der Waals surface area contributed by atoms with Gasteiger partial charge in [0.1, 0.15) is 0 Å². The number of ether oxygens (including phenoxy) is 1. The van der Waals surface area contributed by atoms with Crippen molar-refractivity contribution in [2.24, 2.45) is 4.99 Å². The van der Waals surface area contributed by atoms with E-state index in [1.807, 2.05) is 0 Å². The van der Waals surface area contributed by atoms with E-state index in [-0.39, 0.29) is 35.4 Å². The van der Waals surface area contributed by atoms with E-state index in [4.69, 9.17) is 4.74 Å². The van der Waals surface area contributed by atoms with Crippen molar-refractivity contribution in [3.8, 4) is 0 Å². The van der Waals surface area contributed by atoms with Gasteiger partial charge in [0.15, 0.2) is 5.96 Å². The molecule has 1 aliphatic heterocycles. The molecule has 0 aromatic carbocycles. The van der Waals surface area contributed by atoms with Crippen LogP contribution in [0.2, 0.25) is 0 Å². The average Bonchev–Trinajstić information content (AvgIpc) is 2.68. The van der Waals surface area contributed by atoms with E-state index in [1.165, 1.54) is 0 Å². The van der Waals surface area contributed by atoms with Gasteiger partial charge in [-0.1, -0.05) is 0 Å². The van der Waals surface area contributed by atoms with Gasteiger partial charge in [0.2, 0.25) is 0 Å². The normalized spacial score (nSPS) is 15.6. The van der Waals surface area contributed by atoms with Gasteiger partial charge in [-0.3, -0.25) is 19.7 Å². The Morgan fingerprint density at radius 2 is 1.96 bits per heavy atom. The molecule has 1 aromatic rings. The molecule has 8 nitrogen and oxygen atoms in total. The molecule has 0 radical (unpaired) electrons. The summed E-state index contributed by atoms with van der Waals surface area (Å²) in [7, 11) is 1.74. The van der Waals surface area contributed by atoms with E-state index >= 15 is 0 Å². The second-order valence-corrected chi connectivity index (χ2v) is 6.76. The molecule has 0 aliphatic carbocycles. The Labute approximate surface area is 178 Å². The van der Waals surface area contributed by atoms with Gasteiger partial charge in [-0.15, -0.1) is 24.0 Å². The van der Waals surface area contributed by atoms with Crippen molar-refractivity contribution in [2.45, 2.75) is 19.4 Å². The average molecular weight is 490 g/mol. The number of rotatable bonds is 7. The van der Waals surface area contributed by atoms with Gasteiger partial charge in [0.05, 0.1) is 18.8 Å². The summed E-state index contributed by atoms with van der Waals surface area (Å²) in [6.45, 7) is 9.75. The van der Waals surface area contributed by atoms with E-state index < -0.39 is 0 Å². The van der Waals surface area contributed by atoms with Crippen molar-refractivity contribution < 1.29 is 9.53 Å². The Balaban J connectivity index is 0.00000364. The lowest BCUT2D eigenvalue weighted by molar-refractivity contribution is -0.00833. The maximum Gasteiger partial charge on any atom is 0.252 e. The molecule has 27 heavy (non-hydrogen) atoms. The quantitative estimate of drug-likeness (QED) is 0.226. The van der Waals surface area contributed by atoms with Crippen LogP contribution in [0.15, 0.2) is 29.5 Å².